The minimum atomic E-state index is 0.667. The highest BCUT2D eigenvalue weighted by atomic mass is 15.3. The molecule has 0 saturated heterocycles. The summed E-state index contributed by atoms with van der Waals surface area (Å²) in [6.45, 7) is 2.81. The number of hydrogen-bond donors (Lipinski definition) is 2. The first kappa shape index (κ1) is 14.2. The largest absolute Gasteiger partial charge is 0.364 e. The third-order valence-electron chi connectivity index (χ3n) is 4.20. The summed E-state index contributed by atoms with van der Waals surface area (Å²) in [6, 6.07) is 2.15. The van der Waals surface area contributed by atoms with Crippen molar-refractivity contribution >= 4 is 16.9 Å². The first-order valence-electron chi connectivity index (χ1n) is 8.21. The fourth-order valence-corrected chi connectivity index (χ4v) is 2.77. The molecule has 0 atom stereocenters. The molecule has 0 bridgehead atoms. The van der Waals surface area contributed by atoms with Gasteiger partial charge in [-0.3, -0.25) is 9.78 Å². The van der Waals surface area contributed by atoms with Crippen LogP contribution in [-0.4, -0.2) is 29.9 Å². The topological polar surface area (TPSA) is 84.3 Å². The molecule has 7 nitrogen and oxygen atoms in total. The summed E-state index contributed by atoms with van der Waals surface area (Å²) < 4.78 is 1.79. The minimum Gasteiger partial charge on any atom is -0.364 e. The summed E-state index contributed by atoms with van der Waals surface area (Å²) in [4.78, 5) is 9.27. The molecule has 4 rings (SSSR count). The minimum absolute atomic E-state index is 0.667. The van der Waals surface area contributed by atoms with E-state index < -0.39 is 0 Å². The maximum Gasteiger partial charge on any atom is 0.163 e. The van der Waals surface area contributed by atoms with Crippen molar-refractivity contribution in [1.29, 1.82) is 0 Å². The SMILES string of the molecule is CCCc1nc(NCc2cc(C3CC3)n[nH]2)c2cnn(C)c2n1. The van der Waals surface area contributed by atoms with Gasteiger partial charge in [-0.2, -0.15) is 10.2 Å². The van der Waals surface area contributed by atoms with E-state index in [0.717, 1.165) is 41.2 Å². The average Bonchev–Trinajstić information content (AvgIpc) is 3.18. The average molecular weight is 311 g/mol. The highest BCUT2D eigenvalue weighted by Gasteiger charge is 2.26. The number of H-pyrrole nitrogens is 1. The molecular weight excluding hydrogens is 290 g/mol. The Morgan fingerprint density at radius 2 is 2.22 bits per heavy atom. The molecule has 0 radical (unpaired) electrons. The third-order valence-corrected chi connectivity index (χ3v) is 4.20. The molecule has 0 spiro atoms. The highest BCUT2D eigenvalue weighted by Crippen LogP contribution is 2.39. The van der Waals surface area contributed by atoms with Crippen LogP contribution in [0, 0.1) is 0 Å². The van der Waals surface area contributed by atoms with Crippen molar-refractivity contribution in [3.63, 3.8) is 0 Å². The van der Waals surface area contributed by atoms with Gasteiger partial charge in [-0.1, -0.05) is 6.92 Å². The Balaban J connectivity index is 1.58. The molecule has 1 aliphatic carbocycles. The van der Waals surface area contributed by atoms with Crippen LogP contribution >= 0.6 is 0 Å². The number of aromatic amines is 1. The van der Waals surface area contributed by atoms with Crippen LogP contribution < -0.4 is 5.32 Å². The number of anilines is 1. The second-order valence-corrected chi connectivity index (χ2v) is 6.19. The molecule has 0 aromatic carbocycles. The number of fused-ring (bicyclic) bond motifs is 1. The van der Waals surface area contributed by atoms with Gasteiger partial charge in [-0.05, 0) is 25.3 Å². The lowest BCUT2D eigenvalue weighted by Crippen LogP contribution is -2.06. The quantitative estimate of drug-likeness (QED) is 0.731. The summed E-state index contributed by atoms with van der Waals surface area (Å²) >= 11 is 0. The number of nitrogens with one attached hydrogen (secondary N) is 2. The van der Waals surface area contributed by atoms with Crippen LogP contribution in [-0.2, 0) is 20.0 Å². The first-order chi connectivity index (χ1) is 11.2. The molecule has 1 saturated carbocycles. The smallest absolute Gasteiger partial charge is 0.163 e. The summed E-state index contributed by atoms with van der Waals surface area (Å²) in [7, 11) is 1.91. The van der Waals surface area contributed by atoms with Crippen molar-refractivity contribution in [1.82, 2.24) is 29.9 Å². The Labute approximate surface area is 134 Å². The zero-order chi connectivity index (χ0) is 15.8. The van der Waals surface area contributed by atoms with Crippen LogP contribution in [0.4, 0.5) is 5.82 Å². The molecule has 120 valence electrons. The van der Waals surface area contributed by atoms with Crippen LogP contribution in [0.15, 0.2) is 12.3 Å². The van der Waals surface area contributed by atoms with Gasteiger partial charge in [-0.15, -0.1) is 0 Å². The van der Waals surface area contributed by atoms with E-state index in [1.807, 2.05) is 13.2 Å². The Morgan fingerprint density at radius 3 is 3.00 bits per heavy atom. The molecule has 1 fully saturated rings. The van der Waals surface area contributed by atoms with Gasteiger partial charge in [0.25, 0.3) is 0 Å². The van der Waals surface area contributed by atoms with Crippen molar-refractivity contribution in [2.24, 2.45) is 7.05 Å². The summed E-state index contributed by atoms with van der Waals surface area (Å²) in [5.41, 5.74) is 3.14. The molecule has 2 N–H and O–H groups in total. The maximum atomic E-state index is 4.66. The number of nitrogens with zero attached hydrogens (tertiary/aromatic N) is 5. The lowest BCUT2D eigenvalue weighted by Gasteiger charge is -2.07. The summed E-state index contributed by atoms with van der Waals surface area (Å²) in [5.74, 6) is 2.36. The number of rotatable bonds is 6. The van der Waals surface area contributed by atoms with Crippen LogP contribution in [0.2, 0.25) is 0 Å². The molecule has 0 amide bonds. The molecule has 0 unspecified atom stereocenters. The van der Waals surface area contributed by atoms with Crippen molar-refractivity contribution in [2.45, 2.75) is 45.1 Å². The molecule has 3 heterocycles. The molecule has 1 aliphatic rings. The van der Waals surface area contributed by atoms with Gasteiger partial charge in [0.1, 0.15) is 11.6 Å². The van der Waals surface area contributed by atoms with Crippen LogP contribution in [0.1, 0.15) is 49.3 Å². The summed E-state index contributed by atoms with van der Waals surface area (Å²) in [5, 5.41) is 16.2. The Kier molecular flexibility index (Phi) is 3.48. The summed E-state index contributed by atoms with van der Waals surface area (Å²) in [6.07, 6.45) is 6.23. The van der Waals surface area contributed by atoms with E-state index in [9.17, 15) is 0 Å². The predicted molar refractivity (Wildman–Crippen MR) is 88.2 cm³/mol. The second kappa shape index (κ2) is 5.64. The Hall–Kier alpha value is -2.44. The van der Waals surface area contributed by atoms with Crippen molar-refractivity contribution < 1.29 is 0 Å². The van der Waals surface area contributed by atoms with Crippen molar-refractivity contribution in [3.05, 3.63) is 29.5 Å². The first-order valence-corrected chi connectivity index (χ1v) is 8.21. The van der Waals surface area contributed by atoms with Gasteiger partial charge >= 0.3 is 0 Å². The second-order valence-electron chi connectivity index (χ2n) is 6.19. The van der Waals surface area contributed by atoms with Gasteiger partial charge in [0.15, 0.2) is 5.65 Å². The van der Waals surface area contributed by atoms with Crippen LogP contribution in [0.3, 0.4) is 0 Å². The highest BCUT2D eigenvalue weighted by molar-refractivity contribution is 5.86. The van der Waals surface area contributed by atoms with Gasteiger partial charge in [0.05, 0.1) is 29.5 Å². The molecule has 23 heavy (non-hydrogen) atoms. The zero-order valence-corrected chi connectivity index (χ0v) is 13.5. The van der Waals surface area contributed by atoms with Gasteiger partial charge in [0.2, 0.25) is 0 Å². The van der Waals surface area contributed by atoms with E-state index in [1.54, 1.807) is 4.68 Å². The molecule has 7 heteroatoms. The van der Waals surface area contributed by atoms with E-state index in [2.05, 4.69) is 43.6 Å². The van der Waals surface area contributed by atoms with E-state index in [1.165, 1.54) is 18.5 Å². The van der Waals surface area contributed by atoms with E-state index in [4.69, 9.17) is 0 Å². The van der Waals surface area contributed by atoms with E-state index in [-0.39, 0.29) is 0 Å². The fraction of sp³-hybridized carbons (Fsp3) is 0.500. The van der Waals surface area contributed by atoms with Crippen molar-refractivity contribution in [2.75, 3.05) is 5.32 Å². The lowest BCUT2D eigenvalue weighted by atomic mass is 10.2. The molecule has 0 aliphatic heterocycles. The fourth-order valence-electron chi connectivity index (χ4n) is 2.77. The Morgan fingerprint density at radius 1 is 1.35 bits per heavy atom. The standard InChI is InChI=1S/C16H21N7/c1-3-4-14-19-15(12-9-18-23(2)16(12)20-14)17-8-11-7-13(22-21-11)10-5-6-10/h7,9-10H,3-6,8H2,1-2H3,(H,21,22)(H,17,19,20). The zero-order valence-electron chi connectivity index (χ0n) is 13.5. The normalized spacial score (nSPS) is 14.5. The van der Waals surface area contributed by atoms with Crippen LogP contribution in [0.25, 0.3) is 11.0 Å². The number of aryl methyl sites for hydroxylation is 2. The van der Waals surface area contributed by atoms with Gasteiger partial charge in [0, 0.05) is 19.4 Å². The van der Waals surface area contributed by atoms with Gasteiger partial charge in [-0.25, -0.2) is 9.97 Å². The number of aromatic nitrogens is 6. The predicted octanol–water partition coefficient (Wildman–Crippen LogP) is 2.53. The third kappa shape index (κ3) is 2.78. The maximum absolute atomic E-state index is 4.66. The van der Waals surface area contributed by atoms with E-state index >= 15 is 0 Å². The molecule has 3 aromatic rings. The van der Waals surface area contributed by atoms with Crippen LogP contribution in [0.5, 0.6) is 0 Å². The van der Waals surface area contributed by atoms with E-state index in [0.29, 0.717) is 12.5 Å². The number of hydrogen-bond acceptors (Lipinski definition) is 5. The lowest BCUT2D eigenvalue weighted by molar-refractivity contribution is 0.772. The van der Waals surface area contributed by atoms with Crippen molar-refractivity contribution in [3.8, 4) is 0 Å². The molecule has 3 aromatic heterocycles. The monoisotopic (exact) mass is 311 g/mol. The molecular formula is C16H21N7. The van der Waals surface area contributed by atoms with Gasteiger partial charge < -0.3 is 5.32 Å². The Bertz CT molecular complexity index is 828.